The molecule has 0 atom stereocenters. The summed E-state index contributed by atoms with van der Waals surface area (Å²) in [5.74, 6) is 1.07. The summed E-state index contributed by atoms with van der Waals surface area (Å²) in [6.07, 6.45) is 11.3. The highest BCUT2D eigenvalue weighted by Gasteiger charge is 2.21. The molecule has 2 aliphatic carbocycles. The van der Waals surface area contributed by atoms with Crippen molar-refractivity contribution in [2.24, 2.45) is 0 Å². The van der Waals surface area contributed by atoms with E-state index < -0.39 is 0 Å². The van der Waals surface area contributed by atoms with Gasteiger partial charge in [-0.3, -0.25) is 0 Å². The molecule has 0 unspecified atom stereocenters. The van der Waals surface area contributed by atoms with Crippen LogP contribution in [0.15, 0.2) is 23.1 Å². The second-order valence-corrected chi connectivity index (χ2v) is 6.00. The lowest BCUT2D eigenvalue weighted by Crippen LogP contribution is -2.16. The lowest BCUT2D eigenvalue weighted by molar-refractivity contribution is 0.478. The molecule has 2 heterocycles. The second kappa shape index (κ2) is 5.09. The first kappa shape index (κ1) is 12.2. The van der Waals surface area contributed by atoms with Gasteiger partial charge in [-0.15, -0.1) is 0 Å². The summed E-state index contributed by atoms with van der Waals surface area (Å²) < 4.78 is 7.96. The van der Waals surface area contributed by atoms with Crippen molar-refractivity contribution >= 4 is 0 Å². The van der Waals surface area contributed by atoms with Crippen LogP contribution in [-0.2, 0) is 25.9 Å². The van der Waals surface area contributed by atoms with Crippen molar-refractivity contribution in [1.29, 1.82) is 0 Å². The van der Waals surface area contributed by atoms with Crippen molar-refractivity contribution in [3.63, 3.8) is 0 Å². The van der Waals surface area contributed by atoms with E-state index >= 15 is 0 Å². The maximum Gasteiger partial charge on any atom is 0.127 e. The minimum absolute atomic E-state index is 0.735. The largest absolute Gasteiger partial charge is 0.467 e. The number of hydrogen-bond donors (Lipinski definition) is 1. The summed E-state index contributed by atoms with van der Waals surface area (Å²) in [6, 6.07) is 2.83. The van der Waals surface area contributed by atoms with Crippen LogP contribution >= 0.6 is 0 Å². The number of aryl methyl sites for hydroxylation is 1. The molecule has 1 fully saturated rings. The van der Waals surface area contributed by atoms with E-state index in [-0.39, 0.29) is 0 Å². The molecule has 0 bridgehead atoms. The highest BCUT2D eigenvalue weighted by atomic mass is 16.3. The van der Waals surface area contributed by atoms with E-state index in [2.05, 4.69) is 20.9 Å². The Hall–Kier alpha value is -1.55. The molecule has 0 amide bonds. The third kappa shape index (κ3) is 2.40. The first-order valence-electron chi connectivity index (χ1n) is 7.71. The second-order valence-electron chi connectivity index (χ2n) is 6.00. The molecule has 4 heteroatoms. The maximum absolute atomic E-state index is 5.69. The Morgan fingerprint density at radius 1 is 1.30 bits per heavy atom. The zero-order valence-electron chi connectivity index (χ0n) is 11.8. The number of rotatable bonds is 5. The van der Waals surface area contributed by atoms with Crippen molar-refractivity contribution in [2.45, 2.75) is 57.7 Å². The van der Waals surface area contributed by atoms with Gasteiger partial charge in [-0.2, -0.15) is 0 Å². The third-order valence-electron chi connectivity index (χ3n) is 4.42. The fraction of sp³-hybridized carbons (Fsp3) is 0.562. The van der Waals surface area contributed by atoms with Crippen molar-refractivity contribution in [3.8, 4) is 0 Å². The van der Waals surface area contributed by atoms with Crippen LogP contribution in [0.1, 0.15) is 48.4 Å². The van der Waals surface area contributed by atoms with Crippen LogP contribution in [0.4, 0.5) is 0 Å². The quantitative estimate of drug-likeness (QED) is 0.909. The van der Waals surface area contributed by atoms with Crippen LogP contribution in [0.3, 0.4) is 0 Å². The van der Waals surface area contributed by atoms with Gasteiger partial charge in [0, 0.05) is 23.8 Å². The van der Waals surface area contributed by atoms with E-state index in [0.717, 1.165) is 37.7 Å². The lowest BCUT2D eigenvalue weighted by atomic mass is 10.0. The van der Waals surface area contributed by atoms with Gasteiger partial charge < -0.3 is 14.3 Å². The van der Waals surface area contributed by atoms with E-state index in [1.165, 1.54) is 42.6 Å². The monoisotopic (exact) mass is 271 g/mol. The molecule has 20 heavy (non-hydrogen) atoms. The molecule has 0 radical (unpaired) electrons. The summed E-state index contributed by atoms with van der Waals surface area (Å²) in [5.41, 5.74) is 3.99. The number of nitrogens with one attached hydrogen (secondary N) is 1. The Kier molecular flexibility index (Phi) is 3.11. The predicted octanol–water partition coefficient (Wildman–Crippen LogP) is 2.66. The van der Waals surface area contributed by atoms with Gasteiger partial charge in [-0.05, 0) is 44.6 Å². The molecule has 0 spiro atoms. The Bertz CT molecular complexity index is 595. The molecule has 2 aliphatic rings. The third-order valence-corrected chi connectivity index (χ3v) is 4.42. The molecular formula is C16H21N3O. The first-order chi connectivity index (χ1) is 9.90. The minimum Gasteiger partial charge on any atom is -0.467 e. The van der Waals surface area contributed by atoms with Gasteiger partial charge in [0.1, 0.15) is 5.76 Å². The van der Waals surface area contributed by atoms with E-state index in [0.29, 0.717) is 0 Å². The zero-order chi connectivity index (χ0) is 13.4. The fourth-order valence-corrected chi connectivity index (χ4v) is 3.03. The molecule has 1 N–H and O–H groups in total. The van der Waals surface area contributed by atoms with Gasteiger partial charge in [-0.1, -0.05) is 0 Å². The SMILES string of the molecule is c1cc(CNC2CC2)c(Cn2cnc3c2CCCC3)o1. The van der Waals surface area contributed by atoms with Crippen molar-refractivity contribution in [3.05, 3.63) is 41.4 Å². The predicted molar refractivity (Wildman–Crippen MR) is 76.5 cm³/mol. The summed E-state index contributed by atoms with van der Waals surface area (Å²) in [6.45, 7) is 1.74. The van der Waals surface area contributed by atoms with Crippen molar-refractivity contribution in [2.75, 3.05) is 0 Å². The van der Waals surface area contributed by atoms with Crippen molar-refractivity contribution < 1.29 is 4.42 Å². The van der Waals surface area contributed by atoms with Gasteiger partial charge in [0.2, 0.25) is 0 Å². The molecule has 4 rings (SSSR count). The molecule has 0 saturated heterocycles. The van der Waals surface area contributed by atoms with Crippen LogP contribution in [-0.4, -0.2) is 15.6 Å². The van der Waals surface area contributed by atoms with Crippen LogP contribution < -0.4 is 5.32 Å². The highest BCUT2D eigenvalue weighted by Crippen LogP contribution is 2.23. The van der Waals surface area contributed by atoms with Crippen LogP contribution in [0.25, 0.3) is 0 Å². The first-order valence-corrected chi connectivity index (χ1v) is 7.71. The Morgan fingerprint density at radius 3 is 3.10 bits per heavy atom. The Balaban J connectivity index is 1.50. The van der Waals surface area contributed by atoms with E-state index in [1.54, 1.807) is 0 Å². The maximum atomic E-state index is 5.69. The minimum atomic E-state index is 0.735. The molecular weight excluding hydrogens is 250 g/mol. The van der Waals surface area contributed by atoms with E-state index in [9.17, 15) is 0 Å². The summed E-state index contributed by atoms with van der Waals surface area (Å²) in [5, 5.41) is 3.56. The average molecular weight is 271 g/mol. The number of fused-ring (bicyclic) bond motifs is 1. The van der Waals surface area contributed by atoms with Crippen LogP contribution in [0.2, 0.25) is 0 Å². The summed E-state index contributed by atoms with van der Waals surface area (Å²) >= 11 is 0. The smallest absolute Gasteiger partial charge is 0.127 e. The number of imidazole rings is 1. The van der Waals surface area contributed by atoms with Crippen LogP contribution in [0, 0.1) is 0 Å². The van der Waals surface area contributed by atoms with Gasteiger partial charge in [0.05, 0.1) is 24.8 Å². The molecule has 1 saturated carbocycles. The van der Waals surface area contributed by atoms with Gasteiger partial charge in [-0.25, -0.2) is 4.98 Å². The van der Waals surface area contributed by atoms with Gasteiger partial charge in [0.15, 0.2) is 0 Å². The zero-order valence-corrected chi connectivity index (χ0v) is 11.8. The molecule has 2 aromatic heterocycles. The average Bonchev–Trinajstić information content (AvgIpc) is 3.07. The molecule has 106 valence electrons. The lowest BCUT2D eigenvalue weighted by Gasteiger charge is -2.13. The van der Waals surface area contributed by atoms with Crippen molar-refractivity contribution in [1.82, 2.24) is 14.9 Å². The fourth-order valence-electron chi connectivity index (χ4n) is 3.03. The Morgan fingerprint density at radius 2 is 2.20 bits per heavy atom. The normalized spacial score (nSPS) is 18.2. The van der Waals surface area contributed by atoms with E-state index in [1.807, 2.05) is 12.6 Å². The number of nitrogens with zero attached hydrogens (tertiary/aromatic N) is 2. The number of hydrogen-bond acceptors (Lipinski definition) is 3. The standard InChI is InChI=1S/C16H21N3O/c1-2-4-15-14(3-1)18-11-19(15)10-16-12(7-8-20-16)9-17-13-5-6-13/h7-8,11,13,17H,1-6,9-10H2. The number of aromatic nitrogens is 2. The van der Waals surface area contributed by atoms with Crippen LogP contribution in [0.5, 0.6) is 0 Å². The highest BCUT2D eigenvalue weighted by molar-refractivity contribution is 5.21. The molecule has 0 aliphatic heterocycles. The summed E-state index contributed by atoms with van der Waals surface area (Å²) in [7, 11) is 0. The van der Waals surface area contributed by atoms with Gasteiger partial charge >= 0.3 is 0 Å². The van der Waals surface area contributed by atoms with E-state index in [4.69, 9.17) is 4.42 Å². The molecule has 2 aromatic rings. The molecule has 0 aromatic carbocycles. The topological polar surface area (TPSA) is 43.0 Å². The Labute approximate surface area is 119 Å². The number of furan rings is 1. The summed E-state index contributed by atoms with van der Waals surface area (Å²) in [4.78, 5) is 4.56. The van der Waals surface area contributed by atoms with Gasteiger partial charge in [0.25, 0.3) is 0 Å². The molecule has 4 nitrogen and oxygen atoms in total.